The fourth-order valence-corrected chi connectivity index (χ4v) is 3.05. The summed E-state index contributed by atoms with van der Waals surface area (Å²) in [5, 5.41) is 0. The topological polar surface area (TPSA) is 3.24 Å². The molecule has 2 unspecified atom stereocenters. The Morgan fingerprint density at radius 2 is 1.94 bits per heavy atom. The van der Waals surface area contributed by atoms with Crippen molar-refractivity contribution in [3.63, 3.8) is 0 Å². The molecule has 2 atom stereocenters. The van der Waals surface area contributed by atoms with Gasteiger partial charge in [0.2, 0.25) is 0 Å². The van der Waals surface area contributed by atoms with Gasteiger partial charge in [-0.25, -0.2) is 0 Å². The SMILES string of the molecule is CC(C)C(CS)CN1CCC(C(C)(C)C)C1. The van der Waals surface area contributed by atoms with Crippen LogP contribution in [0.1, 0.15) is 41.0 Å². The van der Waals surface area contributed by atoms with Crippen LogP contribution in [0.5, 0.6) is 0 Å². The summed E-state index contributed by atoms with van der Waals surface area (Å²) in [6.45, 7) is 15.6. The summed E-state index contributed by atoms with van der Waals surface area (Å²) in [5.41, 5.74) is 0.475. The molecule has 0 saturated carbocycles. The van der Waals surface area contributed by atoms with Crippen molar-refractivity contribution in [2.45, 2.75) is 41.0 Å². The van der Waals surface area contributed by atoms with Gasteiger partial charge in [0.15, 0.2) is 0 Å². The predicted octanol–water partition coefficient (Wildman–Crippen LogP) is 3.56. The maximum absolute atomic E-state index is 4.48. The van der Waals surface area contributed by atoms with Crippen molar-refractivity contribution >= 4 is 12.6 Å². The summed E-state index contributed by atoms with van der Waals surface area (Å²) >= 11 is 4.48. The molecule has 1 rings (SSSR count). The molecule has 0 aromatic carbocycles. The third-order valence-corrected chi connectivity index (χ3v) is 4.64. The highest BCUT2D eigenvalue weighted by molar-refractivity contribution is 7.80. The average molecular weight is 243 g/mol. The van der Waals surface area contributed by atoms with E-state index >= 15 is 0 Å². The molecule has 0 aromatic heterocycles. The molecule has 16 heavy (non-hydrogen) atoms. The lowest BCUT2D eigenvalue weighted by Gasteiger charge is -2.29. The molecule has 1 heterocycles. The van der Waals surface area contributed by atoms with Crippen molar-refractivity contribution in [1.82, 2.24) is 4.90 Å². The van der Waals surface area contributed by atoms with Crippen LogP contribution >= 0.6 is 12.6 Å². The van der Waals surface area contributed by atoms with Crippen molar-refractivity contribution < 1.29 is 0 Å². The van der Waals surface area contributed by atoms with E-state index in [9.17, 15) is 0 Å². The Kier molecular flexibility index (Phi) is 5.18. The van der Waals surface area contributed by atoms with Crippen LogP contribution in [0.2, 0.25) is 0 Å². The van der Waals surface area contributed by atoms with Gasteiger partial charge in [-0.2, -0.15) is 12.6 Å². The fraction of sp³-hybridized carbons (Fsp3) is 1.00. The standard InChI is InChI=1S/C14H29NS/c1-11(2)12(10-16)8-15-7-6-13(9-15)14(3,4)5/h11-13,16H,6-10H2,1-5H3. The molecule has 0 aliphatic carbocycles. The molecule has 2 heteroatoms. The number of nitrogens with zero attached hydrogens (tertiary/aromatic N) is 1. The quantitative estimate of drug-likeness (QED) is 0.739. The van der Waals surface area contributed by atoms with E-state index < -0.39 is 0 Å². The van der Waals surface area contributed by atoms with Gasteiger partial charge in [-0.15, -0.1) is 0 Å². The normalized spacial score (nSPS) is 25.3. The van der Waals surface area contributed by atoms with Crippen LogP contribution in [0.3, 0.4) is 0 Å². The molecular weight excluding hydrogens is 214 g/mol. The number of hydrogen-bond donors (Lipinski definition) is 1. The van der Waals surface area contributed by atoms with Crippen LogP contribution < -0.4 is 0 Å². The Hall–Kier alpha value is 0.310. The Bertz CT molecular complexity index is 207. The minimum absolute atomic E-state index is 0.475. The van der Waals surface area contributed by atoms with E-state index in [0.717, 1.165) is 23.5 Å². The minimum atomic E-state index is 0.475. The Morgan fingerprint density at radius 1 is 1.31 bits per heavy atom. The molecule has 0 amide bonds. The summed E-state index contributed by atoms with van der Waals surface area (Å²) in [6.07, 6.45) is 1.38. The molecule has 1 saturated heterocycles. The van der Waals surface area contributed by atoms with Gasteiger partial charge in [0.25, 0.3) is 0 Å². The van der Waals surface area contributed by atoms with E-state index in [1.807, 2.05) is 0 Å². The first-order chi connectivity index (χ1) is 7.34. The molecule has 0 spiro atoms. The number of likely N-dealkylation sites (tertiary alicyclic amines) is 1. The molecule has 1 nitrogen and oxygen atoms in total. The molecular formula is C14H29NS. The highest BCUT2D eigenvalue weighted by Gasteiger charge is 2.32. The lowest BCUT2D eigenvalue weighted by atomic mass is 9.80. The summed E-state index contributed by atoms with van der Waals surface area (Å²) in [7, 11) is 0. The van der Waals surface area contributed by atoms with Crippen molar-refractivity contribution in [3.05, 3.63) is 0 Å². The second-order valence-corrected chi connectivity index (χ2v) is 7.16. The lowest BCUT2D eigenvalue weighted by molar-refractivity contribution is 0.206. The summed E-state index contributed by atoms with van der Waals surface area (Å²) in [4.78, 5) is 2.65. The highest BCUT2D eigenvalue weighted by atomic mass is 32.1. The zero-order valence-electron chi connectivity index (χ0n) is 11.7. The van der Waals surface area contributed by atoms with E-state index in [1.165, 1.54) is 26.1 Å². The first kappa shape index (κ1) is 14.4. The van der Waals surface area contributed by atoms with E-state index in [0.29, 0.717) is 5.41 Å². The van der Waals surface area contributed by atoms with Gasteiger partial charge in [-0.3, -0.25) is 0 Å². The number of thiol groups is 1. The first-order valence-electron chi connectivity index (χ1n) is 6.67. The molecule has 1 fully saturated rings. The van der Waals surface area contributed by atoms with E-state index in [4.69, 9.17) is 0 Å². The maximum Gasteiger partial charge on any atom is 0.00200 e. The Labute approximate surface area is 107 Å². The molecule has 0 aromatic rings. The van der Waals surface area contributed by atoms with Crippen LogP contribution in [0.4, 0.5) is 0 Å². The third kappa shape index (κ3) is 3.96. The smallest absolute Gasteiger partial charge is 0.00200 e. The van der Waals surface area contributed by atoms with Crippen molar-refractivity contribution in [2.24, 2.45) is 23.2 Å². The first-order valence-corrected chi connectivity index (χ1v) is 7.31. The molecule has 1 aliphatic rings. The van der Waals surface area contributed by atoms with E-state index in [2.05, 4.69) is 52.1 Å². The van der Waals surface area contributed by atoms with E-state index in [1.54, 1.807) is 0 Å². The van der Waals surface area contributed by atoms with Crippen molar-refractivity contribution in [2.75, 3.05) is 25.4 Å². The largest absolute Gasteiger partial charge is 0.303 e. The monoisotopic (exact) mass is 243 g/mol. The summed E-state index contributed by atoms with van der Waals surface area (Å²) in [5.74, 6) is 3.41. The van der Waals surface area contributed by atoms with Gasteiger partial charge < -0.3 is 4.90 Å². The second-order valence-electron chi connectivity index (χ2n) is 6.80. The van der Waals surface area contributed by atoms with E-state index in [-0.39, 0.29) is 0 Å². The fourth-order valence-electron chi connectivity index (χ4n) is 2.52. The molecule has 0 radical (unpaired) electrons. The van der Waals surface area contributed by atoms with Gasteiger partial charge in [0, 0.05) is 13.1 Å². The Balaban J connectivity index is 2.42. The van der Waals surface area contributed by atoms with Crippen LogP contribution in [0, 0.1) is 23.2 Å². The predicted molar refractivity (Wildman–Crippen MR) is 76.2 cm³/mol. The molecule has 1 aliphatic heterocycles. The van der Waals surface area contributed by atoms with Gasteiger partial charge in [-0.1, -0.05) is 34.6 Å². The van der Waals surface area contributed by atoms with Gasteiger partial charge in [0.1, 0.15) is 0 Å². The molecule has 96 valence electrons. The average Bonchev–Trinajstić information content (AvgIpc) is 2.61. The lowest BCUT2D eigenvalue weighted by Crippen LogP contribution is -2.32. The molecule has 0 bridgehead atoms. The van der Waals surface area contributed by atoms with Crippen LogP contribution in [0.25, 0.3) is 0 Å². The minimum Gasteiger partial charge on any atom is -0.303 e. The van der Waals surface area contributed by atoms with Gasteiger partial charge in [-0.05, 0) is 41.9 Å². The van der Waals surface area contributed by atoms with Crippen molar-refractivity contribution in [3.8, 4) is 0 Å². The summed E-state index contributed by atoms with van der Waals surface area (Å²) < 4.78 is 0. The van der Waals surface area contributed by atoms with Crippen LogP contribution in [0.15, 0.2) is 0 Å². The molecule has 0 N–H and O–H groups in total. The van der Waals surface area contributed by atoms with Gasteiger partial charge in [0.05, 0.1) is 0 Å². The maximum atomic E-state index is 4.48. The van der Waals surface area contributed by atoms with Crippen molar-refractivity contribution in [1.29, 1.82) is 0 Å². The zero-order chi connectivity index (χ0) is 12.3. The zero-order valence-corrected chi connectivity index (χ0v) is 12.6. The highest BCUT2D eigenvalue weighted by Crippen LogP contribution is 2.34. The Morgan fingerprint density at radius 3 is 2.31 bits per heavy atom. The van der Waals surface area contributed by atoms with Crippen LogP contribution in [-0.4, -0.2) is 30.3 Å². The second kappa shape index (κ2) is 5.77. The number of hydrogen-bond acceptors (Lipinski definition) is 2. The van der Waals surface area contributed by atoms with Gasteiger partial charge >= 0.3 is 0 Å². The van der Waals surface area contributed by atoms with Crippen LogP contribution in [-0.2, 0) is 0 Å². The summed E-state index contributed by atoms with van der Waals surface area (Å²) in [6, 6.07) is 0. The number of rotatable bonds is 4. The third-order valence-electron chi connectivity index (χ3n) is 4.17.